The number of aromatic nitrogens is 4. The number of hydrogen-bond acceptors (Lipinski definition) is 7. The van der Waals surface area contributed by atoms with Crippen molar-refractivity contribution in [3.05, 3.63) is 39.8 Å². The third-order valence-corrected chi connectivity index (χ3v) is 5.60. The van der Waals surface area contributed by atoms with E-state index in [1.54, 1.807) is 48.9 Å². The van der Waals surface area contributed by atoms with Gasteiger partial charge in [-0.05, 0) is 43.7 Å². The Morgan fingerprint density at radius 2 is 1.94 bits per heavy atom. The average Bonchev–Trinajstić information content (AvgIpc) is 3.26. The molecule has 1 aliphatic rings. The normalized spacial score (nSPS) is 15.1. The van der Waals surface area contributed by atoms with Crippen LogP contribution in [0.3, 0.4) is 0 Å². The lowest BCUT2D eigenvalue weighted by Gasteiger charge is -2.31. The molecule has 10 nitrogen and oxygen atoms in total. The molecule has 1 aliphatic heterocycles. The summed E-state index contributed by atoms with van der Waals surface area (Å²) < 4.78 is 12.2. The summed E-state index contributed by atoms with van der Waals surface area (Å²) in [5.74, 6) is 12.3. The highest BCUT2D eigenvalue weighted by Gasteiger charge is 2.28. The van der Waals surface area contributed by atoms with Crippen molar-refractivity contribution in [2.45, 2.75) is 25.8 Å². The van der Waals surface area contributed by atoms with E-state index >= 15 is 0 Å². The van der Waals surface area contributed by atoms with Crippen molar-refractivity contribution in [3.8, 4) is 35.2 Å². The van der Waals surface area contributed by atoms with E-state index in [9.17, 15) is 9.59 Å². The van der Waals surface area contributed by atoms with Gasteiger partial charge < -0.3 is 20.1 Å². The van der Waals surface area contributed by atoms with Crippen molar-refractivity contribution in [3.63, 3.8) is 0 Å². The molecule has 10 heteroatoms. The number of fused-ring (bicyclic) bond motifs is 1. The average molecular weight is 460 g/mol. The Kier molecular flexibility index (Phi) is 6.42. The standard InChI is InChI=1S/C24H24N6O4/c1-4-6-20(31)29-10-5-7-16(14-29)30-22-21(23(25)26-27-24(22)32)19(28-30)9-8-15-11-17(33-2)13-18(12-15)34-3/h11-13,16H,5,7,10,14H2,1-3H3,(H2,25,26)(H,27,32). The number of nitrogens with two attached hydrogens (primary N) is 1. The molecule has 1 saturated heterocycles. The second-order valence-corrected chi connectivity index (χ2v) is 7.73. The number of methoxy groups -OCH3 is 2. The molecular formula is C24H24N6O4. The number of nitrogens with one attached hydrogen (secondary N) is 1. The Bertz CT molecular complexity index is 1410. The molecule has 0 aliphatic carbocycles. The lowest BCUT2D eigenvalue weighted by atomic mass is 10.1. The fraction of sp³-hybridized carbons (Fsp3) is 0.333. The predicted octanol–water partition coefficient (Wildman–Crippen LogP) is 1.31. The van der Waals surface area contributed by atoms with Crippen molar-refractivity contribution in [2.24, 2.45) is 0 Å². The summed E-state index contributed by atoms with van der Waals surface area (Å²) in [5.41, 5.74) is 6.94. The minimum absolute atomic E-state index is 0.119. The first kappa shape index (κ1) is 22.7. The van der Waals surface area contributed by atoms with Crippen LogP contribution in [0, 0.1) is 23.7 Å². The monoisotopic (exact) mass is 460 g/mol. The van der Waals surface area contributed by atoms with Gasteiger partial charge in [-0.1, -0.05) is 11.8 Å². The van der Waals surface area contributed by atoms with Crippen LogP contribution >= 0.6 is 0 Å². The van der Waals surface area contributed by atoms with Gasteiger partial charge in [0, 0.05) is 24.7 Å². The van der Waals surface area contributed by atoms with Crippen molar-refractivity contribution in [1.29, 1.82) is 0 Å². The van der Waals surface area contributed by atoms with Crippen LogP contribution in [0.2, 0.25) is 0 Å². The molecule has 0 spiro atoms. The minimum Gasteiger partial charge on any atom is -0.497 e. The number of ether oxygens (including phenoxy) is 2. The van der Waals surface area contributed by atoms with Gasteiger partial charge in [-0.3, -0.25) is 14.3 Å². The molecule has 1 fully saturated rings. The van der Waals surface area contributed by atoms with Crippen molar-refractivity contribution in [1.82, 2.24) is 24.9 Å². The Balaban J connectivity index is 1.80. The first-order chi connectivity index (χ1) is 16.4. The largest absolute Gasteiger partial charge is 0.497 e. The van der Waals surface area contributed by atoms with E-state index in [0.29, 0.717) is 41.2 Å². The van der Waals surface area contributed by atoms with Crippen LogP contribution in [0.5, 0.6) is 11.5 Å². The van der Waals surface area contributed by atoms with Gasteiger partial charge in [-0.15, -0.1) is 0 Å². The highest BCUT2D eigenvalue weighted by Crippen LogP contribution is 2.28. The van der Waals surface area contributed by atoms with E-state index in [2.05, 4.69) is 39.0 Å². The van der Waals surface area contributed by atoms with Crippen LogP contribution in [0.1, 0.15) is 37.1 Å². The maximum absolute atomic E-state index is 12.7. The highest BCUT2D eigenvalue weighted by molar-refractivity contribution is 5.94. The van der Waals surface area contributed by atoms with E-state index < -0.39 is 5.56 Å². The van der Waals surface area contributed by atoms with Crippen LogP contribution in [0.4, 0.5) is 5.82 Å². The van der Waals surface area contributed by atoms with E-state index in [1.807, 2.05) is 0 Å². The highest BCUT2D eigenvalue weighted by atomic mass is 16.5. The second-order valence-electron chi connectivity index (χ2n) is 7.73. The molecule has 3 heterocycles. The summed E-state index contributed by atoms with van der Waals surface area (Å²) in [6.45, 7) is 2.61. The van der Waals surface area contributed by atoms with Crippen LogP contribution in [-0.2, 0) is 4.79 Å². The zero-order valence-electron chi connectivity index (χ0n) is 19.1. The molecule has 34 heavy (non-hydrogen) atoms. The molecule has 0 bridgehead atoms. The first-order valence-corrected chi connectivity index (χ1v) is 10.7. The van der Waals surface area contributed by atoms with E-state index in [-0.39, 0.29) is 23.3 Å². The zero-order chi connectivity index (χ0) is 24.2. The summed E-state index contributed by atoms with van der Waals surface area (Å²) in [5, 5.41) is 11.3. The lowest BCUT2D eigenvalue weighted by molar-refractivity contribution is -0.126. The molecule has 3 N–H and O–H groups in total. The van der Waals surface area contributed by atoms with E-state index in [1.165, 1.54) is 0 Å². The molecule has 1 atom stereocenters. The number of amides is 1. The van der Waals surface area contributed by atoms with Crippen molar-refractivity contribution < 1.29 is 14.3 Å². The predicted molar refractivity (Wildman–Crippen MR) is 126 cm³/mol. The molecule has 174 valence electrons. The molecule has 1 aromatic carbocycles. The van der Waals surface area contributed by atoms with Gasteiger partial charge in [-0.25, -0.2) is 5.10 Å². The summed E-state index contributed by atoms with van der Waals surface area (Å²) in [6.07, 6.45) is 1.49. The molecule has 0 saturated carbocycles. The third-order valence-electron chi connectivity index (χ3n) is 5.60. The Morgan fingerprint density at radius 1 is 1.21 bits per heavy atom. The van der Waals surface area contributed by atoms with Gasteiger partial charge in [0.25, 0.3) is 11.5 Å². The third kappa shape index (κ3) is 4.39. The summed E-state index contributed by atoms with van der Waals surface area (Å²) in [6, 6.07) is 5.05. The number of hydrogen-bond donors (Lipinski definition) is 2. The summed E-state index contributed by atoms with van der Waals surface area (Å²) in [7, 11) is 3.12. The number of aromatic amines is 1. The number of nitrogen functional groups attached to an aromatic ring is 1. The zero-order valence-corrected chi connectivity index (χ0v) is 19.1. The number of carbonyl (C=O) groups is 1. The Hall–Kier alpha value is -4.44. The SMILES string of the molecule is CC#CC(=O)N1CCCC(n2nc(C#Cc3cc(OC)cc(OC)c3)c3c(N)n[nH]c(=O)c32)C1. The molecule has 4 rings (SSSR count). The maximum Gasteiger partial charge on any atom is 0.298 e. The van der Waals surface area contributed by atoms with Gasteiger partial charge >= 0.3 is 0 Å². The molecule has 1 amide bonds. The van der Waals surface area contributed by atoms with E-state index in [0.717, 1.165) is 12.8 Å². The van der Waals surface area contributed by atoms with Gasteiger partial charge in [-0.2, -0.15) is 10.2 Å². The number of rotatable bonds is 3. The van der Waals surface area contributed by atoms with Gasteiger partial charge in [0.2, 0.25) is 0 Å². The Morgan fingerprint density at radius 3 is 2.62 bits per heavy atom. The van der Waals surface area contributed by atoms with Gasteiger partial charge in [0.05, 0.1) is 25.6 Å². The Labute approximate surface area is 196 Å². The second kappa shape index (κ2) is 9.59. The quantitative estimate of drug-likeness (QED) is 0.564. The number of H-pyrrole nitrogens is 1. The van der Waals surface area contributed by atoms with Crippen molar-refractivity contribution in [2.75, 3.05) is 33.0 Å². The van der Waals surface area contributed by atoms with Gasteiger partial charge in [0.1, 0.15) is 22.7 Å². The summed E-state index contributed by atoms with van der Waals surface area (Å²) >= 11 is 0. The molecular weight excluding hydrogens is 436 g/mol. The maximum atomic E-state index is 12.7. The molecule has 2 aromatic heterocycles. The smallest absolute Gasteiger partial charge is 0.298 e. The number of anilines is 1. The summed E-state index contributed by atoms with van der Waals surface area (Å²) in [4.78, 5) is 26.7. The number of carbonyl (C=O) groups excluding carboxylic acids is 1. The number of nitrogens with zero attached hydrogens (tertiary/aromatic N) is 4. The van der Waals surface area contributed by atoms with Gasteiger partial charge in [0.15, 0.2) is 5.82 Å². The lowest BCUT2D eigenvalue weighted by Crippen LogP contribution is -2.40. The number of likely N-dealkylation sites (tertiary alicyclic amines) is 1. The number of benzene rings is 1. The van der Waals surface area contributed by atoms with Crippen LogP contribution in [0.15, 0.2) is 23.0 Å². The van der Waals surface area contributed by atoms with Crippen LogP contribution < -0.4 is 20.8 Å². The van der Waals surface area contributed by atoms with Crippen LogP contribution in [0.25, 0.3) is 10.9 Å². The number of piperidine rings is 1. The fourth-order valence-corrected chi connectivity index (χ4v) is 4.00. The van der Waals surface area contributed by atoms with E-state index in [4.69, 9.17) is 15.2 Å². The minimum atomic E-state index is -0.426. The topological polar surface area (TPSA) is 128 Å². The van der Waals surface area contributed by atoms with Crippen molar-refractivity contribution >= 4 is 22.6 Å². The molecule has 1 unspecified atom stereocenters. The van der Waals surface area contributed by atoms with Crippen LogP contribution in [-0.4, -0.2) is 58.1 Å². The fourth-order valence-electron chi connectivity index (χ4n) is 4.00. The first-order valence-electron chi connectivity index (χ1n) is 10.7. The molecule has 3 aromatic rings. The molecule has 0 radical (unpaired) electrons.